The third-order valence-electron chi connectivity index (χ3n) is 3.29. The van der Waals surface area contributed by atoms with Crippen LogP contribution in [0.5, 0.6) is 5.75 Å². The summed E-state index contributed by atoms with van der Waals surface area (Å²) in [7, 11) is 1.87. The van der Waals surface area contributed by atoms with Crippen molar-refractivity contribution in [1.82, 2.24) is 15.1 Å². The molecule has 102 valence electrons. The second-order valence-electron chi connectivity index (χ2n) is 5.09. The molecule has 0 unspecified atom stereocenters. The number of aryl methyl sites for hydroxylation is 2. The molecule has 1 aliphatic carbocycles. The van der Waals surface area contributed by atoms with Gasteiger partial charge < -0.3 is 14.5 Å². The Morgan fingerprint density at radius 1 is 1.53 bits per heavy atom. The molecule has 0 spiro atoms. The van der Waals surface area contributed by atoms with Crippen molar-refractivity contribution in [3.63, 3.8) is 0 Å². The Balaban J connectivity index is 1.56. The van der Waals surface area contributed by atoms with E-state index in [1.807, 2.05) is 20.2 Å². The molecule has 1 fully saturated rings. The van der Waals surface area contributed by atoms with Crippen molar-refractivity contribution in [2.75, 3.05) is 0 Å². The van der Waals surface area contributed by atoms with E-state index in [4.69, 9.17) is 9.15 Å². The van der Waals surface area contributed by atoms with Crippen LogP contribution < -0.4 is 10.1 Å². The molecule has 0 aliphatic heterocycles. The highest BCUT2D eigenvalue weighted by Gasteiger charge is 2.20. The fourth-order valence-corrected chi connectivity index (χ4v) is 2.00. The maximum absolute atomic E-state index is 5.70. The lowest BCUT2D eigenvalue weighted by Gasteiger charge is -1.99. The minimum atomic E-state index is 0.440. The van der Waals surface area contributed by atoms with Crippen LogP contribution in [0.1, 0.15) is 29.9 Å². The molecule has 1 aliphatic rings. The van der Waals surface area contributed by atoms with Gasteiger partial charge in [-0.25, -0.2) is 0 Å². The van der Waals surface area contributed by atoms with Gasteiger partial charge in [-0.15, -0.1) is 0 Å². The SMILES string of the molecule is Cc1oc(COc2cnn(C)c2)cc1CNC1CC1. The molecule has 0 aromatic carbocycles. The van der Waals surface area contributed by atoms with Gasteiger partial charge in [0.1, 0.15) is 18.1 Å². The van der Waals surface area contributed by atoms with Gasteiger partial charge in [-0.1, -0.05) is 0 Å². The minimum Gasteiger partial charge on any atom is -0.482 e. The first kappa shape index (κ1) is 12.3. The van der Waals surface area contributed by atoms with Gasteiger partial charge in [-0.2, -0.15) is 5.10 Å². The minimum absolute atomic E-state index is 0.440. The van der Waals surface area contributed by atoms with Gasteiger partial charge in [0.15, 0.2) is 5.75 Å². The molecule has 0 bridgehead atoms. The van der Waals surface area contributed by atoms with E-state index in [1.54, 1.807) is 10.9 Å². The summed E-state index contributed by atoms with van der Waals surface area (Å²) in [4.78, 5) is 0. The molecule has 5 heteroatoms. The van der Waals surface area contributed by atoms with E-state index in [0.29, 0.717) is 12.6 Å². The molecule has 1 N–H and O–H groups in total. The molecule has 0 atom stereocenters. The normalized spacial score (nSPS) is 14.8. The smallest absolute Gasteiger partial charge is 0.157 e. The standard InChI is InChI=1S/C14H19N3O2/c1-10-11(6-15-12-3-4-12)5-13(19-10)9-18-14-7-16-17(2)8-14/h5,7-8,12,15H,3-4,6,9H2,1-2H3. The summed E-state index contributed by atoms with van der Waals surface area (Å²) in [6.07, 6.45) is 6.14. The first-order chi connectivity index (χ1) is 9.20. The number of ether oxygens (including phenoxy) is 1. The molecule has 2 aromatic heterocycles. The van der Waals surface area contributed by atoms with Crippen molar-refractivity contribution < 1.29 is 9.15 Å². The van der Waals surface area contributed by atoms with Crippen molar-refractivity contribution in [2.45, 2.75) is 39.0 Å². The van der Waals surface area contributed by atoms with E-state index >= 15 is 0 Å². The van der Waals surface area contributed by atoms with Gasteiger partial charge in [0.2, 0.25) is 0 Å². The quantitative estimate of drug-likeness (QED) is 0.865. The van der Waals surface area contributed by atoms with Gasteiger partial charge in [0.05, 0.1) is 12.4 Å². The lowest BCUT2D eigenvalue weighted by Crippen LogP contribution is -2.15. The van der Waals surface area contributed by atoms with E-state index in [2.05, 4.69) is 16.5 Å². The third kappa shape index (κ3) is 3.17. The summed E-state index contributed by atoms with van der Waals surface area (Å²) >= 11 is 0. The molecular formula is C14H19N3O2. The zero-order valence-corrected chi connectivity index (χ0v) is 11.3. The Hall–Kier alpha value is -1.75. The molecule has 5 nitrogen and oxygen atoms in total. The maximum Gasteiger partial charge on any atom is 0.157 e. The molecule has 0 radical (unpaired) electrons. The molecule has 0 amide bonds. The zero-order valence-electron chi connectivity index (χ0n) is 11.3. The Morgan fingerprint density at radius 3 is 3.05 bits per heavy atom. The van der Waals surface area contributed by atoms with Gasteiger partial charge in [0.25, 0.3) is 0 Å². The molecular weight excluding hydrogens is 242 g/mol. The first-order valence-electron chi connectivity index (χ1n) is 6.64. The van der Waals surface area contributed by atoms with Crippen LogP contribution in [0, 0.1) is 6.92 Å². The van der Waals surface area contributed by atoms with Crippen LogP contribution in [0.25, 0.3) is 0 Å². The average molecular weight is 261 g/mol. The molecule has 2 heterocycles. The van der Waals surface area contributed by atoms with Crippen LogP contribution in [-0.4, -0.2) is 15.8 Å². The molecule has 2 aromatic rings. The van der Waals surface area contributed by atoms with E-state index < -0.39 is 0 Å². The predicted octanol–water partition coefficient (Wildman–Crippen LogP) is 2.15. The first-order valence-corrected chi connectivity index (χ1v) is 6.64. The highest BCUT2D eigenvalue weighted by atomic mass is 16.5. The second kappa shape index (κ2) is 5.09. The predicted molar refractivity (Wildman–Crippen MR) is 70.8 cm³/mol. The average Bonchev–Trinajstić information content (AvgIpc) is 3.02. The lowest BCUT2D eigenvalue weighted by molar-refractivity contribution is 0.267. The van der Waals surface area contributed by atoms with Crippen LogP contribution >= 0.6 is 0 Å². The van der Waals surface area contributed by atoms with E-state index in [0.717, 1.165) is 23.8 Å². The van der Waals surface area contributed by atoms with Crippen molar-refractivity contribution in [2.24, 2.45) is 7.05 Å². The summed E-state index contributed by atoms with van der Waals surface area (Å²) in [6, 6.07) is 2.78. The fourth-order valence-electron chi connectivity index (χ4n) is 2.00. The number of rotatable bonds is 6. The van der Waals surface area contributed by atoms with Crippen LogP contribution in [0.15, 0.2) is 22.9 Å². The number of hydrogen-bond donors (Lipinski definition) is 1. The van der Waals surface area contributed by atoms with Crippen LogP contribution in [-0.2, 0) is 20.2 Å². The van der Waals surface area contributed by atoms with Gasteiger partial charge in [-0.05, 0) is 25.8 Å². The molecule has 3 rings (SSSR count). The Bertz CT molecular complexity index is 555. The van der Waals surface area contributed by atoms with Gasteiger partial charge in [0, 0.05) is 25.2 Å². The lowest BCUT2D eigenvalue weighted by atomic mass is 10.2. The monoisotopic (exact) mass is 261 g/mol. The Kier molecular flexibility index (Phi) is 3.29. The molecule has 0 saturated heterocycles. The summed E-state index contributed by atoms with van der Waals surface area (Å²) in [5.74, 6) is 2.58. The zero-order chi connectivity index (χ0) is 13.2. The third-order valence-corrected chi connectivity index (χ3v) is 3.29. The number of hydrogen-bond acceptors (Lipinski definition) is 4. The number of nitrogens with zero attached hydrogens (tertiary/aromatic N) is 2. The Labute approximate surface area is 112 Å². The number of nitrogens with one attached hydrogen (secondary N) is 1. The Morgan fingerprint density at radius 2 is 2.37 bits per heavy atom. The van der Waals surface area contributed by atoms with Crippen LogP contribution in [0.4, 0.5) is 0 Å². The van der Waals surface area contributed by atoms with Crippen molar-refractivity contribution in [1.29, 1.82) is 0 Å². The topological polar surface area (TPSA) is 52.2 Å². The fraction of sp³-hybridized carbons (Fsp3) is 0.500. The number of furan rings is 1. The largest absolute Gasteiger partial charge is 0.482 e. The van der Waals surface area contributed by atoms with E-state index in [9.17, 15) is 0 Å². The molecule has 19 heavy (non-hydrogen) atoms. The number of aromatic nitrogens is 2. The van der Waals surface area contributed by atoms with Gasteiger partial charge >= 0.3 is 0 Å². The highest BCUT2D eigenvalue weighted by Crippen LogP contribution is 2.21. The van der Waals surface area contributed by atoms with Gasteiger partial charge in [-0.3, -0.25) is 4.68 Å². The van der Waals surface area contributed by atoms with E-state index in [1.165, 1.54) is 18.4 Å². The van der Waals surface area contributed by atoms with Crippen molar-refractivity contribution >= 4 is 0 Å². The van der Waals surface area contributed by atoms with Crippen LogP contribution in [0.2, 0.25) is 0 Å². The highest BCUT2D eigenvalue weighted by molar-refractivity contribution is 5.21. The summed E-state index contributed by atoms with van der Waals surface area (Å²) in [5.41, 5.74) is 1.22. The van der Waals surface area contributed by atoms with Crippen LogP contribution in [0.3, 0.4) is 0 Å². The second-order valence-corrected chi connectivity index (χ2v) is 5.09. The maximum atomic E-state index is 5.70. The van der Waals surface area contributed by atoms with Crippen molar-refractivity contribution in [3.05, 3.63) is 35.5 Å². The molecule has 1 saturated carbocycles. The van der Waals surface area contributed by atoms with Crippen molar-refractivity contribution in [3.8, 4) is 5.75 Å². The summed E-state index contributed by atoms with van der Waals surface area (Å²) < 4.78 is 13.0. The summed E-state index contributed by atoms with van der Waals surface area (Å²) in [6.45, 7) is 3.32. The summed E-state index contributed by atoms with van der Waals surface area (Å²) in [5, 5.41) is 7.55. The van der Waals surface area contributed by atoms with E-state index in [-0.39, 0.29) is 0 Å².